The molecule has 0 aliphatic heterocycles. The molecule has 0 saturated carbocycles. The number of carbonyl (C=O) groups is 4. The highest BCUT2D eigenvalue weighted by molar-refractivity contribution is 5.47. The molecule has 0 aromatic heterocycles. The quantitative estimate of drug-likeness (QED) is 0.424. The van der Waals surface area contributed by atoms with Gasteiger partial charge in [0.15, 0.2) is 0 Å². The summed E-state index contributed by atoms with van der Waals surface area (Å²) in [4.78, 5) is 39.5. The molecule has 0 fully saturated rings. The number of ether oxygens (including phenoxy) is 4. The van der Waals surface area contributed by atoms with Gasteiger partial charge < -0.3 is 18.9 Å². The molecular formula is C6H4O8. The predicted molar refractivity (Wildman–Crippen MR) is 35.1 cm³/mol. The van der Waals surface area contributed by atoms with E-state index in [1.807, 2.05) is 0 Å². The number of hydrogen-bond donors (Lipinski definition) is 0. The van der Waals surface area contributed by atoms with Crippen molar-refractivity contribution in [2.45, 2.75) is 0 Å². The Kier molecular flexibility index (Phi) is 6.39. The zero-order valence-electron chi connectivity index (χ0n) is 6.58. The second-order valence-electron chi connectivity index (χ2n) is 1.43. The van der Waals surface area contributed by atoms with Crippen LogP contribution in [0.15, 0.2) is 0 Å². The molecule has 76 valence electrons. The standard InChI is InChI=1S/C6H4O8/c7-1-11-5(12-2-8)6(13-3-9)14-4-10/h1-4H. The number of rotatable bonds is 9. The van der Waals surface area contributed by atoms with Crippen LogP contribution in [0.3, 0.4) is 0 Å². The van der Waals surface area contributed by atoms with Crippen LogP contribution in [0, 0.1) is 12.6 Å². The molecule has 0 heterocycles. The van der Waals surface area contributed by atoms with Crippen molar-refractivity contribution in [3.8, 4) is 0 Å². The van der Waals surface area contributed by atoms with Crippen LogP contribution < -0.4 is 0 Å². The molecule has 0 bridgehead atoms. The Hall–Kier alpha value is -2.12. The van der Waals surface area contributed by atoms with Gasteiger partial charge in [0.1, 0.15) is 0 Å². The summed E-state index contributed by atoms with van der Waals surface area (Å²) in [5, 5.41) is 0. The maximum atomic E-state index is 9.86. The van der Waals surface area contributed by atoms with E-state index in [0.29, 0.717) is 0 Å². The van der Waals surface area contributed by atoms with E-state index in [4.69, 9.17) is 0 Å². The molecule has 8 heteroatoms. The van der Waals surface area contributed by atoms with Gasteiger partial charge in [0.25, 0.3) is 25.9 Å². The fourth-order valence-electron chi connectivity index (χ4n) is 0.423. The first-order valence-electron chi connectivity index (χ1n) is 2.95. The molecule has 14 heavy (non-hydrogen) atoms. The van der Waals surface area contributed by atoms with Crippen molar-refractivity contribution in [3.05, 3.63) is 12.6 Å². The lowest BCUT2D eigenvalue weighted by atomic mass is 10.6. The molecule has 0 aromatic rings. The second kappa shape index (κ2) is 7.53. The maximum Gasteiger partial charge on any atom is 0.432 e. The molecule has 0 amide bonds. The third-order valence-electron chi connectivity index (χ3n) is 0.787. The summed E-state index contributed by atoms with van der Waals surface area (Å²) >= 11 is 0. The average molecular weight is 204 g/mol. The summed E-state index contributed by atoms with van der Waals surface area (Å²) in [6.45, 7) is -0.495. The Morgan fingerprint density at radius 2 is 0.786 bits per heavy atom. The molecule has 0 N–H and O–H groups in total. The minimum absolute atomic E-state index is 0.124. The molecule has 0 rings (SSSR count). The Bertz CT molecular complexity index is 160. The molecular weight excluding hydrogens is 200 g/mol. The zero-order chi connectivity index (χ0) is 10.8. The van der Waals surface area contributed by atoms with Crippen LogP contribution in [-0.2, 0) is 38.1 Å². The summed E-state index contributed by atoms with van der Waals surface area (Å²) in [6.07, 6.45) is -1.73. The van der Waals surface area contributed by atoms with E-state index < -0.39 is 12.6 Å². The fraction of sp³-hybridized carbons (Fsp3) is 0. The van der Waals surface area contributed by atoms with Crippen molar-refractivity contribution >= 4 is 25.9 Å². The Morgan fingerprint density at radius 3 is 0.929 bits per heavy atom. The molecule has 8 nitrogen and oxygen atoms in total. The molecule has 0 saturated heterocycles. The van der Waals surface area contributed by atoms with E-state index in [0.717, 1.165) is 0 Å². The van der Waals surface area contributed by atoms with Crippen molar-refractivity contribution in [2.75, 3.05) is 0 Å². The highest BCUT2D eigenvalue weighted by Gasteiger charge is 2.34. The van der Waals surface area contributed by atoms with Crippen LogP contribution in [0.5, 0.6) is 0 Å². The molecule has 0 atom stereocenters. The molecule has 0 aliphatic carbocycles. The molecule has 0 spiro atoms. The SMILES string of the molecule is O=CO[C](OC=O)[C](OC=O)OC=O. The summed E-state index contributed by atoms with van der Waals surface area (Å²) in [5.74, 6) is 0. The lowest BCUT2D eigenvalue weighted by Gasteiger charge is -2.14. The van der Waals surface area contributed by atoms with Gasteiger partial charge in [-0.1, -0.05) is 0 Å². The van der Waals surface area contributed by atoms with Gasteiger partial charge in [0, 0.05) is 0 Å². The van der Waals surface area contributed by atoms with E-state index in [9.17, 15) is 19.2 Å². The zero-order valence-corrected chi connectivity index (χ0v) is 6.58. The largest absolute Gasteiger partial charge is 0.432 e. The first-order chi connectivity index (χ1) is 6.79. The van der Waals surface area contributed by atoms with Gasteiger partial charge >= 0.3 is 12.6 Å². The van der Waals surface area contributed by atoms with Crippen LogP contribution in [0.2, 0.25) is 0 Å². The van der Waals surface area contributed by atoms with Gasteiger partial charge in [-0.25, -0.2) is 0 Å². The van der Waals surface area contributed by atoms with Crippen LogP contribution in [0.4, 0.5) is 0 Å². The number of hydrogen-bond acceptors (Lipinski definition) is 8. The third kappa shape index (κ3) is 4.04. The van der Waals surface area contributed by atoms with E-state index >= 15 is 0 Å². The highest BCUT2D eigenvalue weighted by atomic mass is 16.8. The number of carbonyl (C=O) groups excluding carboxylic acids is 4. The van der Waals surface area contributed by atoms with Crippen LogP contribution in [-0.4, -0.2) is 25.9 Å². The average Bonchev–Trinajstić information content (AvgIpc) is 2.17. The van der Waals surface area contributed by atoms with Gasteiger partial charge in [-0.3, -0.25) is 19.2 Å². The minimum atomic E-state index is -0.866. The highest BCUT2D eigenvalue weighted by Crippen LogP contribution is 2.19. The fourth-order valence-corrected chi connectivity index (χ4v) is 0.423. The van der Waals surface area contributed by atoms with Gasteiger partial charge in [-0.15, -0.1) is 0 Å². The summed E-state index contributed by atoms with van der Waals surface area (Å²) < 4.78 is 16.1. The molecule has 0 aromatic carbocycles. The van der Waals surface area contributed by atoms with Gasteiger partial charge in [-0.05, 0) is 0 Å². The molecule has 0 aliphatic rings. The van der Waals surface area contributed by atoms with Crippen molar-refractivity contribution in [1.29, 1.82) is 0 Å². The van der Waals surface area contributed by atoms with Crippen molar-refractivity contribution in [2.24, 2.45) is 0 Å². The van der Waals surface area contributed by atoms with E-state index in [1.54, 1.807) is 0 Å². The topological polar surface area (TPSA) is 105 Å². The second-order valence-corrected chi connectivity index (χ2v) is 1.43. The van der Waals surface area contributed by atoms with Gasteiger partial charge in [-0.2, -0.15) is 0 Å². The van der Waals surface area contributed by atoms with Crippen LogP contribution in [0.1, 0.15) is 0 Å². The molecule has 2 radical (unpaired) electrons. The summed E-state index contributed by atoms with van der Waals surface area (Å²) in [7, 11) is 0. The lowest BCUT2D eigenvalue weighted by Crippen LogP contribution is -2.21. The lowest BCUT2D eigenvalue weighted by molar-refractivity contribution is -0.174. The van der Waals surface area contributed by atoms with Crippen LogP contribution >= 0.6 is 0 Å². The normalized spacial score (nSPS) is 9.00. The van der Waals surface area contributed by atoms with Gasteiger partial charge in [0.2, 0.25) is 0 Å². The van der Waals surface area contributed by atoms with E-state index in [-0.39, 0.29) is 25.9 Å². The smallest absolute Gasteiger partial charge is 0.410 e. The van der Waals surface area contributed by atoms with Crippen molar-refractivity contribution in [1.82, 2.24) is 0 Å². The van der Waals surface area contributed by atoms with E-state index in [1.165, 1.54) is 0 Å². The third-order valence-corrected chi connectivity index (χ3v) is 0.787. The van der Waals surface area contributed by atoms with Gasteiger partial charge in [0.05, 0.1) is 0 Å². The maximum absolute atomic E-state index is 9.86. The first kappa shape index (κ1) is 11.9. The Morgan fingerprint density at radius 1 is 0.571 bits per heavy atom. The predicted octanol–water partition coefficient (Wildman–Crippen LogP) is -1.34. The summed E-state index contributed by atoms with van der Waals surface area (Å²) in [5.41, 5.74) is 0. The van der Waals surface area contributed by atoms with Crippen LogP contribution in [0.25, 0.3) is 0 Å². The minimum Gasteiger partial charge on any atom is -0.410 e. The monoisotopic (exact) mass is 204 g/mol. The molecule has 0 unspecified atom stereocenters. The summed E-state index contributed by atoms with van der Waals surface area (Å²) in [6, 6.07) is 0. The Balaban J connectivity index is 4.32. The van der Waals surface area contributed by atoms with Crippen molar-refractivity contribution < 1.29 is 38.1 Å². The van der Waals surface area contributed by atoms with Crippen molar-refractivity contribution in [3.63, 3.8) is 0 Å². The van der Waals surface area contributed by atoms with E-state index in [2.05, 4.69) is 18.9 Å². The Labute approximate surface area is 77.7 Å². The first-order valence-corrected chi connectivity index (χ1v) is 2.95.